The fourth-order valence-electron chi connectivity index (χ4n) is 1.34. The molecule has 0 amide bonds. The molecule has 63 valence electrons. The quantitative estimate of drug-likeness (QED) is 0.640. The van der Waals surface area contributed by atoms with Gasteiger partial charge >= 0.3 is 6.23 Å². The normalized spacial score (nSPS) is 18.8. The van der Waals surface area contributed by atoms with Crippen molar-refractivity contribution >= 4 is 0 Å². The van der Waals surface area contributed by atoms with E-state index >= 15 is 0 Å². The van der Waals surface area contributed by atoms with E-state index in [1.54, 1.807) is 0 Å². The maximum Gasteiger partial charge on any atom is 0.363 e. The first kappa shape index (κ1) is 10.7. The number of aryl methyl sites for hydroxylation is 1. The molecule has 1 aliphatic rings. The number of hydrogen-bond donors (Lipinski definition) is 0. The van der Waals surface area contributed by atoms with Crippen LogP contribution in [0.4, 0.5) is 0 Å². The summed E-state index contributed by atoms with van der Waals surface area (Å²) in [7, 11) is 0. The van der Waals surface area contributed by atoms with Crippen LogP contribution in [0.15, 0.2) is 18.2 Å². The van der Waals surface area contributed by atoms with E-state index in [2.05, 4.69) is 10.9 Å². The maximum absolute atomic E-state index is 6.83. The maximum atomic E-state index is 6.83. The minimum Gasteiger partial charge on any atom is -0.450 e. The second-order valence-corrected chi connectivity index (χ2v) is 2.77. The Kier molecular flexibility index (Phi) is 3.90. The monoisotopic (exact) mass is 247 g/mol. The molecule has 1 heterocycles. The molecule has 0 aliphatic carbocycles. The third-order valence-electron chi connectivity index (χ3n) is 1.97. The van der Waals surface area contributed by atoms with Crippen molar-refractivity contribution in [3.63, 3.8) is 0 Å². The number of benzene rings is 1. The van der Waals surface area contributed by atoms with Crippen LogP contribution in [0.1, 0.15) is 12.0 Å². The summed E-state index contributed by atoms with van der Waals surface area (Å²) in [5, 5.41) is 0. The molecule has 1 aromatic carbocycles. The van der Waals surface area contributed by atoms with Gasteiger partial charge in [-0.1, -0.05) is 6.42 Å². The van der Waals surface area contributed by atoms with E-state index < -0.39 is 0 Å². The first-order valence-corrected chi connectivity index (χ1v) is 3.92. The fraction of sp³-hybridized carbons (Fsp3) is 0.300. The van der Waals surface area contributed by atoms with E-state index in [1.165, 1.54) is 0 Å². The van der Waals surface area contributed by atoms with E-state index in [4.69, 9.17) is 11.3 Å². The molecule has 1 atom stereocenters. The van der Waals surface area contributed by atoms with Crippen molar-refractivity contribution in [2.45, 2.75) is 19.1 Å². The van der Waals surface area contributed by atoms with Crippen LogP contribution in [0.3, 0.4) is 0 Å². The van der Waals surface area contributed by atoms with Crippen LogP contribution in [0.2, 0.25) is 0 Å². The van der Waals surface area contributed by atoms with Gasteiger partial charge in [0.05, 0.1) is 6.42 Å². The zero-order valence-corrected chi connectivity index (χ0v) is 9.99. The van der Waals surface area contributed by atoms with Gasteiger partial charge in [0.2, 0.25) is 0 Å². The van der Waals surface area contributed by atoms with Crippen LogP contribution in [-0.2, 0) is 39.1 Å². The molecule has 3 heteroatoms. The van der Waals surface area contributed by atoms with E-state index in [9.17, 15) is 0 Å². The average Bonchev–Trinajstić information content (AvgIpc) is 2.17. The standard InChI is InChI=1S/C10H8NO.Y/c1-11-10-7-6-8-4-2-3-5-9(8)12-10;/h3-5,10H,6-7H2;/q-1;. The summed E-state index contributed by atoms with van der Waals surface area (Å²) in [6, 6.07) is 8.60. The number of ether oxygens (including phenoxy) is 1. The van der Waals surface area contributed by atoms with Gasteiger partial charge in [-0.3, -0.25) is 4.85 Å². The summed E-state index contributed by atoms with van der Waals surface area (Å²) >= 11 is 0. The summed E-state index contributed by atoms with van der Waals surface area (Å²) in [6.45, 7) is 6.83. The molecule has 2 nitrogen and oxygen atoms in total. The summed E-state index contributed by atoms with van der Waals surface area (Å²) in [5.74, 6) is 0.848. The molecule has 2 rings (SSSR count). The summed E-state index contributed by atoms with van der Waals surface area (Å²) < 4.78 is 5.41. The summed E-state index contributed by atoms with van der Waals surface area (Å²) in [4.78, 5) is 3.36. The largest absolute Gasteiger partial charge is 0.450 e. The van der Waals surface area contributed by atoms with Crippen LogP contribution in [0.25, 0.3) is 4.85 Å². The Balaban J connectivity index is 0.000000845. The van der Waals surface area contributed by atoms with Gasteiger partial charge in [0.25, 0.3) is 0 Å². The second-order valence-electron chi connectivity index (χ2n) is 2.77. The van der Waals surface area contributed by atoms with Gasteiger partial charge in [-0.15, -0.1) is 11.6 Å². The Labute approximate surface area is 103 Å². The van der Waals surface area contributed by atoms with Gasteiger partial charge in [-0.2, -0.15) is 18.2 Å². The van der Waals surface area contributed by atoms with Crippen molar-refractivity contribution in [1.29, 1.82) is 0 Å². The number of nitrogens with zero attached hydrogens (tertiary/aromatic N) is 1. The molecule has 0 N–H and O–H groups in total. The number of rotatable bonds is 0. The Bertz CT molecular complexity index is 332. The van der Waals surface area contributed by atoms with Crippen molar-refractivity contribution in [2.24, 2.45) is 0 Å². The third-order valence-corrected chi connectivity index (χ3v) is 1.97. The first-order chi connectivity index (χ1) is 5.90. The minimum atomic E-state index is -0.278. The van der Waals surface area contributed by atoms with Crippen LogP contribution >= 0.6 is 0 Å². The minimum absolute atomic E-state index is 0. The van der Waals surface area contributed by atoms with E-state index in [-0.39, 0.29) is 38.9 Å². The summed E-state index contributed by atoms with van der Waals surface area (Å²) in [5.41, 5.74) is 1.16. The molecule has 0 spiro atoms. The Morgan fingerprint density at radius 2 is 2.46 bits per heavy atom. The topological polar surface area (TPSA) is 13.6 Å². The van der Waals surface area contributed by atoms with Crippen LogP contribution < -0.4 is 4.74 Å². The molecule has 1 aliphatic heterocycles. The van der Waals surface area contributed by atoms with E-state index in [1.807, 2.05) is 18.2 Å². The molecule has 1 aromatic rings. The zero-order valence-electron chi connectivity index (χ0n) is 7.16. The molecular formula is C10H8NOY-. The Morgan fingerprint density at radius 1 is 1.62 bits per heavy atom. The summed E-state index contributed by atoms with van der Waals surface area (Å²) in [6.07, 6.45) is 1.45. The van der Waals surface area contributed by atoms with Crippen molar-refractivity contribution in [3.8, 4) is 5.75 Å². The van der Waals surface area contributed by atoms with Gasteiger partial charge in [0.1, 0.15) is 0 Å². The smallest absolute Gasteiger partial charge is 0.363 e. The molecule has 0 bridgehead atoms. The van der Waals surface area contributed by atoms with Crippen LogP contribution in [0.5, 0.6) is 5.75 Å². The third kappa shape index (κ3) is 2.30. The molecule has 1 radical (unpaired) electrons. The van der Waals surface area contributed by atoms with Crippen molar-refractivity contribution < 1.29 is 37.4 Å². The first-order valence-electron chi connectivity index (χ1n) is 3.92. The molecule has 0 fully saturated rings. The van der Waals surface area contributed by atoms with Crippen molar-refractivity contribution in [1.82, 2.24) is 0 Å². The number of fused-ring (bicyclic) bond motifs is 1. The van der Waals surface area contributed by atoms with Crippen LogP contribution in [0, 0.1) is 12.6 Å². The predicted molar refractivity (Wildman–Crippen MR) is 44.6 cm³/mol. The average molecular weight is 247 g/mol. The Morgan fingerprint density at radius 3 is 3.23 bits per heavy atom. The predicted octanol–water partition coefficient (Wildman–Crippen LogP) is 2.05. The van der Waals surface area contributed by atoms with E-state index in [0.29, 0.717) is 0 Å². The van der Waals surface area contributed by atoms with Gasteiger partial charge in [0.15, 0.2) is 0 Å². The SMILES string of the molecule is [C-]#[N+]C1CCc2c[c-]ccc2O1.[Y]. The molecule has 13 heavy (non-hydrogen) atoms. The van der Waals surface area contributed by atoms with Gasteiger partial charge < -0.3 is 4.74 Å². The second kappa shape index (κ2) is 4.74. The molecule has 0 aromatic heterocycles. The molecule has 0 saturated carbocycles. The van der Waals surface area contributed by atoms with Gasteiger partial charge in [-0.25, -0.2) is 6.57 Å². The van der Waals surface area contributed by atoms with Gasteiger partial charge in [0, 0.05) is 38.5 Å². The fourth-order valence-corrected chi connectivity index (χ4v) is 1.34. The zero-order chi connectivity index (χ0) is 8.39. The van der Waals surface area contributed by atoms with E-state index in [0.717, 1.165) is 24.2 Å². The van der Waals surface area contributed by atoms with Crippen molar-refractivity contribution in [2.75, 3.05) is 0 Å². The van der Waals surface area contributed by atoms with Crippen LogP contribution in [-0.4, -0.2) is 6.23 Å². The molecular weight excluding hydrogens is 239 g/mol. The molecule has 1 unspecified atom stereocenters. The van der Waals surface area contributed by atoms with Crippen molar-refractivity contribution in [3.05, 3.63) is 41.2 Å². The molecule has 0 saturated heterocycles. The number of hydrogen-bond acceptors (Lipinski definition) is 1. The van der Waals surface area contributed by atoms with Gasteiger partial charge in [-0.05, 0) is 0 Å². The Hall–Kier alpha value is -0.386.